The maximum atomic E-state index is 12.9. The van der Waals surface area contributed by atoms with Gasteiger partial charge in [0.1, 0.15) is 11.4 Å². The van der Waals surface area contributed by atoms with Crippen LogP contribution in [0.4, 0.5) is 10.1 Å². The Hall–Kier alpha value is -1.66. The van der Waals surface area contributed by atoms with Gasteiger partial charge in [-0.25, -0.2) is 4.39 Å². The van der Waals surface area contributed by atoms with Crippen LogP contribution in [0.15, 0.2) is 18.2 Å². The van der Waals surface area contributed by atoms with E-state index in [0.29, 0.717) is 0 Å². The van der Waals surface area contributed by atoms with E-state index in [1.54, 1.807) is 0 Å². The summed E-state index contributed by atoms with van der Waals surface area (Å²) in [4.78, 5) is 24.3. The third kappa shape index (κ3) is 3.91. The molecule has 1 aromatic rings. The van der Waals surface area contributed by atoms with Crippen molar-refractivity contribution in [1.29, 1.82) is 0 Å². The molecular weight excluding hydrogens is 287 g/mol. The Labute approximate surface area is 121 Å². The van der Waals surface area contributed by atoms with Gasteiger partial charge in [-0.3, -0.25) is 14.5 Å². The zero-order chi connectivity index (χ0) is 15.5. The van der Waals surface area contributed by atoms with E-state index < -0.39 is 23.2 Å². The van der Waals surface area contributed by atoms with Gasteiger partial charge in [0.05, 0.1) is 17.3 Å². The minimum atomic E-state index is -1.18. The summed E-state index contributed by atoms with van der Waals surface area (Å²) in [5, 5.41) is 11.6. The summed E-state index contributed by atoms with van der Waals surface area (Å²) in [6, 6.07) is 3.60. The molecule has 0 radical (unpaired) electrons. The quantitative estimate of drug-likeness (QED) is 0.875. The number of rotatable bonds is 5. The molecular formula is C13H16ClFN2O3. The van der Waals surface area contributed by atoms with Crippen LogP contribution in [-0.4, -0.2) is 41.0 Å². The molecule has 1 aromatic carbocycles. The zero-order valence-corrected chi connectivity index (χ0v) is 12.2. The minimum Gasteiger partial charge on any atom is -0.480 e. The monoisotopic (exact) mass is 302 g/mol. The number of carbonyl (C=O) groups is 2. The molecule has 110 valence electrons. The Morgan fingerprint density at radius 2 is 2.05 bits per heavy atom. The molecule has 5 nitrogen and oxygen atoms in total. The lowest BCUT2D eigenvalue weighted by Gasteiger charge is -2.30. The Morgan fingerprint density at radius 3 is 2.55 bits per heavy atom. The van der Waals surface area contributed by atoms with Crippen LogP contribution in [0.5, 0.6) is 0 Å². The predicted octanol–water partition coefficient (Wildman–Crippen LogP) is 2.21. The second-order valence-corrected chi connectivity index (χ2v) is 5.30. The fourth-order valence-corrected chi connectivity index (χ4v) is 1.57. The van der Waals surface area contributed by atoms with Crippen molar-refractivity contribution in [3.8, 4) is 0 Å². The number of nitrogens with zero attached hydrogens (tertiary/aromatic N) is 1. The molecule has 0 saturated carbocycles. The molecule has 0 unspecified atom stereocenters. The van der Waals surface area contributed by atoms with Crippen molar-refractivity contribution in [2.45, 2.75) is 19.4 Å². The average Bonchev–Trinajstić information content (AvgIpc) is 2.32. The van der Waals surface area contributed by atoms with Crippen molar-refractivity contribution in [2.24, 2.45) is 0 Å². The molecule has 7 heteroatoms. The second kappa shape index (κ2) is 6.19. The number of carboxylic acid groups (broad SMARTS) is 1. The van der Waals surface area contributed by atoms with E-state index in [0.717, 1.165) is 6.07 Å². The maximum absolute atomic E-state index is 12.9. The van der Waals surface area contributed by atoms with Crippen LogP contribution in [0.2, 0.25) is 5.02 Å². The SMILES string of the molecule is CN(CC(=O)Nc1ccc(F)cc1Cl)C(C)(C)C(=O)O. The highest BCUT2D eigenvalue weighted by atomic mass is 35.5. The number of hydrogen-bond acceptors (Lipinski definition) is 3. The van der Waals surface area contributed by atoms with Gasteiger partial charge in [0.15, 0.2) is 0 Å². The van der Waals surface area contributed by atoms with E-state index >= 15 is 0 Å². The smallest absolute Gasteiger partial charge is 0.323 e. The topological polar surface area (TPSA) is 69.6 Å². The largest absolute Gasteiger partial charge is 0.480 e. The van der Waals surface area contributed by atoms with Crippen molar-refractivity contribution in [3.05, 3.63) is 29.0 Å². The number of hydrogen-bond donors (Lipinski definition) is 2. The number of aliphatic carboxylic acids is 1. The first kappa shape index (κ1) is 16.4. The van der Waals surface area contributed by atoms with Gasteiger partial charge in [0.2, 0.25) is 5.91 Å². The number of halogens is 2. The first-order valence-corrected chi connectivity index (χ1v) is 6.22. The molecule has 2 N–H and O–H groups in total. The highest BCUT2D eigenvalue weighted by molar-refractivity contribution is 6.33. The number of benzene rings is 1. The van der Waals surface area contributed by atoms with Crippen LogP contribution >= 0.6 is 11.6 Å². The van der Waals surface area contributed by atoms with Crippen molar-refractivity contribution in [3.63, 3.8) is 0 Å². The summed E-state index contributed by atoms with van der Waals surface area (Å²) in [5.41, 5.74) is -0.899. The third-order valence-electron chi connectivity index (χ3n) is 3.06. The van der Waals surface area contributed by atoms with Crippen LogP contribution in [0, 0.1) is 5.82 Å². The predicted molar refractivity (Wildman–Crippen MR) is 74.4 cm³/mol. The van der Waals surface area contributed by atoms with Gasteiger partial charge in [-0.2, -0.15) is 0 Å². The average molecular weight is 303 g/mol. The number of amides is 1. The number of likely N-dealkylation sites (N-methyl/N-ethyl adjacent to an activating group) is 1. The van der Waals surface area contributed by atoms with E-state index in [1.165, 1.54) is 37.9 Å². The maximum Gasteiger partial charge on any atom is 0.323 e. The van der Waals surface area contributed by atoms with E-state index in [2.05, 4.69) is 5.32 Å². The molecule has 0 aliphatic carbocycles. The van der Waals surface area contributed by atoms with Crippen molar-refractivity contribution in [2.75, 3.05) is 18.9 Å². The summed E-state index contributed by atoms with van der Waals surface area (Å²) in [5.74, 6) is -1.97. The number of nitrogens with one attached hydrogen (secondary N) is 1. The first-order valence-electron chi connectivity index (χ1n) is 5.84. The molecule has 0 aliphatic rings. The van der Waals surface area contributed by atoms with Crippen LogP contribution in [0.25, 0.3) is 0 Å². The van der Waals surface area contributed by atoms with Crippen LogP contribution in [-0.2, 0) is 9.59 Å². The fourth-order valence-electron chi connectivity index (χ4n) is 1.36. The number of carbonyl (C=O) groups excluding carboxylic acids is 1. The molecule has 0 aliphatic heterocycles. The molecule has 0 saturated heterocycles. The lowest BCUT2D eigenvalue weighted by atomic mass is 10.0. The Kier molecular flexibility index (Phi) is 5.08. The highest BCUT2D eigenvalue weighted by Crippen LogP contribution is 2.22. The van der Waals surface area contributed by atoms with Crippen molar-refractivity contribution in [1.82, 2.24) is 4.90 Å². The summed E-state index contributed by atoms with van der Waals surface area (Å²) in [6.45, 7) is 2.86. The Bertz CT molecular complexity index is 534. The Balaban J connectivity index is 2.71. The van der Waals surface area contributed by atoms with Crippen LogP contribution in [0.3, 0.4) is 0 Å². The molecule has 1 amide bonds. The molecule has 1 rings (SSSR count). The minimum absolute atomic E-state index is 0.0819. The molecule has 0 aromatic heterocycles. The van der Waals surface area contributed by atoms with Crippen molar-refractivity contribution >= 4 is 29.2 Å². The van der Waals surface area contributed by atoms with Gasteiger partial charge in [0.25, 0.3) is 0 Å². The van der Waals surface area contributed by atoms with E-state index in [4.69, 9.17) is 16.7 Å². The van der Waals surface area contributed by atoms with E-state index in [1.807, 2.05) is 0 Å². The van der Waals surface area contributed by atoms with Crippen LogP contribution in [0.1, 0.15) is 13.8 Å². The van der Waals surface area contributed by atoms with Crippen molar-refractivity contribution < 1.29 is 19.1 Å². The fraction of sp³-hybridized carbons (Fsp3) is 0.385. The molecule has 0 heterocycles. The summed E-state index contributed by atoms with van der Waals surface area (Å²) >= 11 is 5.79. The number of carboxylic acids is 1. The second-order valence-electron chi connectivity index (χ2n) is 4.89. The zero-order valence-electron chi connectivity index (χ0n) is 11.4. The normalized spacial score (nSPS) is 11.5. The standard InChI is InChI=1S/C13H16ClFN2O3/c1-13(2,12(19)20)17(3)7-11(18)16-10-5-4-8(15)6-9(10)14/h4-6H,7H2,1-3H3,(H,16,18)(H,19,20). The van der Waals surface area contributed by atoms with Crippen LogP contribution < -0.4 is 5.32 Å². The molecule has 0 fully saturated rings. The Morgan fingerprint density at radius 1 is 1.45 bits per heavy atom. The van der Waals surface area contributed by atoms with Gasteiger partial charge in [0, 0.05) is 0 Å². The number of anilines is 1. The summed E-state index contributed by atoms with van der Waals surface area (Å²) < 4.78 is 12.9. The molecule has 0 atom stereocenters. The lowest BCUT2D eigenvalue weighted by molar-refractivity contribution is -0.148. The summed E-state index contributed by atoms with van der Waals surface area (Å²) in [6.07, 6.45) is 0. The summed E-state index contributed by atoms with van der Waals surface area (Å²) in [7, 11) is 1.53. The lowest BCUT2D eigenvalue weighted by Crippen LogP contribution is -2.50. The van der Waals surface area contributed by atoms with Gasteiger partial charge in [-0.1, -0.05) is 11.6 Å². The molecule has 0 bridgehead atoms. The van der Waals surface area contributed by atoms with E-state index in [-0.39, 0.29) is 17.3 Å². The molecule has 20 heavy (non-hydrogen) atoms. The van der Waals surface area contributed by atoms with Gasteiger partial charge in [-0.05, 0) is 39.1 Å². The van der Waals surface area contributed by atoms with Gasteiger partial charge in [-0.15, -0.1) is 0 Å². The highest BCUT2D eigenvalue weighted by Gasteiger charge is 2.33. The first-order chi connectivity index (χ1) is 9.14. The molecule has 0 spiro atoms. The van der Waals surface area contributed by atoms with E-state index in [9.17, 15) is 14.0 Å². The van der Waals surface area contributed by atoms with Gasteiger partial charge < -0.3 is 10.4 Å². The third-order valence-corrected chi connectivity index (χ3v) is 3.38. The van der Waals surface area contributed by atoms with Gasteiger partial charge >= 0.3 is 5.97 Å².